The molecule has 3 N–H and O–H groups in total. The maximum atomic E-state index is 15.7. The van der Waals surface area contributed by atoms with Gasteiger partial charge in [0.2, 0.25) is 10.6 Å². The number of ketones is 1. The zero-order valence-corrected chi connectivity index (χ0v) is 21.6. The summed E-state index contributed by atoms with van der Waals surface area (Å²) in [5, 5.41) is 15.6. The molecular formula is C26H26FN7O3S. The number of tetrazole rings is 1. The van der Waals surface area contributed by atoms with E-state index in [4.69, 9.17) is 10.5 Å². The number of halogens is 1. The number of rotatable bonds is 7. The lowest BCUT2D eigenvalue weighted by Crippen LogP contribution is -2.42. The molecule has 2 aliphatic rings. The third-order valence-electron chi connectivity index (χ3n) is 7.36. The topological polar surface area (TPSA) is 130 Å². The van der Waals surface area contributed by atoms with E-state index in [2.05, 4.69) is 20.8 Å². The van der Waals surface area contributed by atoms with Crippen LogP contribution in [0.2, 0.25) is 0 Å². The summed E-state index contributed by atoms with van der Waals surface area (Å²) in [6.07, 6.45) is 5.31. The van der Waals surface area contributed by atoms with Crippen molar-refractivity contribution in [3.05, 3.63) is 58.1 Å². The van der Waals surface area contributed by atoms with Crippen molar-refractivity contribution in [3.63, 3.8) is 0 Å². The van der Waals surface area contributed by atoms with Gasteiger partial charge in [0.1, 0.15) is 12.3 Å². The summed E-state index contributed by atoms with van der Waals surface area (Å²) in [7, 11) is 0. The Morgan fingerprint density at radius 3 is 2.76 bits per heavy atom. The number of hydrogen-bond donors (Lipinski definition) is 2. The van der Waals surface area contributed by atoms with E-state index < -0.39 is 16.8 Å². The predicted molar refractivity (Wildman–Crippen MR) is 143 cm³/mol. The largest absolute Gasteiger partial charge is 0.487 e. The number of nitrogen functional groups attached to an aromatic ring is 1. The van der Waals surface area contributed by atoms with Gasteiger partial charge in [-0.3, -0.25) is 9.59 Å². The number of Topliss-reactive ketones (excluding diaryl/α,β-unsaturated/α-hetero) is 1. The Morgan fingerprint density at radius 2 is 2.03 bits per heavy atom. The van der Waals surface area contributed by atoms with Crippen LogP contribution in [0.1, 0.15) is 43.0 Å². The van der Waals surface area contributed by atoms with E-state index >= 15 is 4.39 Å². The first kappa shape index (κ1) is 24.4. The van der Waals surface area contributed by atoms with Crippen LogP contribution in [0, 0.1) is 5.82 Å². The van der Waals surface area contributed by atoms with Gasteiger partial charge in [0.15, 0.2) is 17.3 Å². The number of aromatic nitrogens is 5. The Hall–Kier alpha value is -3.93. The van der Waals surface area contributed by atoms with Gasteiger partial charge in [0.05, 0.1) is 33.4 Å². The molecule has 1 aliphatic heterocycles. The Morgan fingerprint density at radius 1 is 1.26 bits per heavy atom. The highest BCUT2D eigenvalue weighted by atomic mass is 32.2. The lowest BCUT2D eigenvalue weighted by molar-refractivity contribution is 0.101. The van der Waals surface area contributed by atoms with Crippen LogP contribution in [0.3, 0.4) is 0 Å². The fraction of sp³-hybridized carbons (Fsp3) is 0.346. The molecule has 38 heavy (non-hydrogen) atoms. The summed E-state index contributed by atoms with van der Waals surface area (Å²) >= 11 is 1.41. The highest BCUT2D eigenvalue weighted by Gasteiger charge is 2.42. The Balaban J connectivity index is 1.34. The maximum Gasteiger partial charge on any atom is 0.214 e. The van der Waals surface area contributed by atoms with Gasteiger partial charge in [-0.25, -0.2) is 4.39 Å². The number of nitrogens with two attached hydrogens (primary N) is 1. The van der Waals surface area contributed by atoms with E-state index in [1.54, 1.807) is 10.9 Å². The summed E-state index contributed by atoms with van der Waals surface area (Å²) < 4.78 is 25.4. The van der Waals surface area contributed by atoms with Crippen LogP contribution in [0.25, 0.3) is 16.6 Å². The number of benzene rings is 2. The van der Waals surface area contributed by atoms with Crippen LogP contribution < -0.4 is 21.2 Å². The summed E-state index contributed by atoms with van der Waals surface area (Å²) in [6, 6.07) is 9.53. The van der Waals surface area contributed by atoms with Crippen LogP contribution in [-0.2, 0) is 5.54 Å². The zero-order valence-electron chi connectivity index (χ0n) is 20.7. The number of nitrogens with zero attached hydrogens (tertiary/aromatic N) is 5. The monoisotopic (exact) mass is 535 g/mol. The van der Waals surface area contributed by atoms with Crippen molar-refractivity contribution in [2.45, 2.75) is 43.3 Å². The van der Waals surface area contributed by atoms with Gasteiger partial charge < -0.3 is 20.4 Å². The summed E-state index contributed by atoms with van der Waals surface area (Å²) in [6.45, 7) is 2.02. The minimum absolute atomic E-state index is 0.00172. The first-order valence-electron chi connectivity index (χ1n) is 12.5. The van der Waals surface area contributed by atoms with Crippen LogP contribution in [-0.4, -0.2) is 49.5 Å². The number of thioether (sulfide) groups is 1. The number of ether oxygens (including phenoxy) is 1. The number of anilines is 2. The molecule has 196 valence electrons. The Labute approximate surface area is 221 Å². The van der Waals surface area contributed by atoms with Gasteiger partial charge in [-0.2, -0.15) is 4.68 Å². The first-order chi connectivity index (χ1) is 18.4. The van der Waals surface area contributed by atoms with Crippen molar-refractivity contribution in [2.75, 3.05) is 30.0 Å². The van der Waals surface area contributed by atoms with E-state index in [-0.39, 0.29) is 33.9 Å². The van der Waals surface area contributed by atoms with E-state index in [9.17, 15) is 9.59 Å². The molecule has 4 aromatic rings. The highest BCUT2D eigenvalue weighted by Crippen LogP contribution is 2.48. The summed E-state index contributed by atoms with van der Waals surface area (Å²) in [5.74, 6) is -0.378. The van der Waals surface area contributed by atoms with Crippen LogP contribution in [0.4, 0.5) is 15.8 Å². The molecule has 1 fully saturated rings. The molecule has 3 heterocycles. The lowest BCUT2D eigenvalue weighted by atomic mass is 9.93. The minimum atomic E-state index is -0.765. The summed E-state index contributed by atoms with van der Waals surface area (Å²) in [4.78, 5) is 25.6. The molecule has 1 saturated carbocycles. The van der Waals surface area contributed by atoms with Crippen LogP contribution in [0.5, 0.6) is 5.75 Å². The highest BCUT2D eigenvalue weighted by molar-refractivity contribution is 7.99. The van der Waals surface area contributed by atoms with Gasteiger partial charge in [-0.05, 0) is 42.3 Å². The molecule has 2 aromatic carbocycles. The molecule has 0 amide bonds. The second-order valence-electron chi connectivity index (χ2n) is 9.66. The fourth-order valence-electron chi connectivity index (χ4n) is 5.49. The van der Waals surface area contributed by atoms with Crippen molar-refractivity contribution in [1.82, 2.24) is 24.8 Å². The smallest absolute Gasteiger partial charge is 0.214 e. The van der Waals surface area contributed by atoms with Crippen molar-refractivity contribution in [1.29, 1.82) is 0 Å². The van der Waals surface area contributed by atoms with Crippen molar-refractivity contribution in [3.8, 4) is 11.4 Å². The van der Waals surface area contributed by atoms with Crippen LogP contribution in [0.15, 0.2) is 46.5 Å². The molecule has 12 heteroatoms. The molecule has 0 saturated heterocycles. The molecular weight excluding hydrogens is 509 g/mol. The SMILES string of the molecule is CC(=O)c1cn2c3c(c(NCCSc4nnnn4-c4ccccc4)c(F)c(N)c3c1=O)OCC21CCCC1. The molecule has 1 spiro atoms. The van der Waals surface area contributed by atoms with Gasteiger partial charge in [0, 0.05) is 18.5 Å². The predicted octanol–water partition coefficient (Wildman–Crippen LogP) is 3.77. The molecule has 0 unspecified atom stereocenters. The number of para-hydroxylation sites is 1. The number of carbonyl (C=O) groups is 1. The average Bonchev–Trinajstić information content (AvgIpc) is 3.59. The van der Waals surface area contributed by atoms with E-state index in [0.29, 0.717) is 29.6 Å². The van der Waals surface area contributed by atoms with Gasteiger partial charge in [-0.1, -0.05) is 42.8 Å². The fourth-order valence-corrected chi connectivity index (χ4v) is 6.23. The molecule has 1 aliphatic carbocycles. The zero-order chi connectivity index (χ0) is 26.4. The van der Waals surface area contributed by atoms with E-state index in [0.717, 1.165) is 31.4 Å². The van der Waals surface area contributed by atoms with Crippen molar-refractivity contribution in [2.24, 2.45) is 0 Å². The number of fused-ring (bicyclic) bond motifs is 1. The van der Waals surface area contributed by atoms with Crippen molar-refractivity contribution < 1.29 is 13.9 Å². The molecule has 0 radical (unpaired) electrons. The van der Waals surface area contributed by atoms with Crippen molar-refractivity contribution >= 4 is 39.8 Å². The van der Waals surface area contributed by atoms with E-state index in [1.807, 2.05) is 34.9 Å². The molecule has 0 atom stereocenters. The summed E-state index contributed by atoms with van der Waals surface area (Å²) in [5.41, 5.74) is 6.37. The van der Waals surface area contributed by atoms with E-state index in [1.165, 1.54) is 18.7 Å². The first-order valence-corrected chi connectivity index (χ1v) is 13.4. The normalized spacial score (nSPS) is 15.6. The van der Waals surface area contributed by atoms with Gasteiger partial charge in [-0.15, -0.1) is 5.10 Å². The standard InChI is InChI=1S/C26H26FN7O3S/c1-15(35)17-13-33-22-18(23(17)36)20(28)19(27)21(24(22)37-14-26(33)9-5-6-10-26)29-11-12-38-25-30-31-32-34(25)16-7-3-2-4-8-16/h2-4,7-8,13,29H,5-6,9-12,14,28H2,1H3. The minimum Gasteiger partial charge on any atom is -0.487 e. The van der Waals surface area contributed by atoms with Gasteiger partial charge in [0.25, 0.3) is 0 Å². The Bertz CT molecular complexity index is 1610. The van der Waals surface area contributed by atoms with Gasteiger partial charge >= 0.3 is 0 Å². The number of pyridine rings is 1. The number of nitrogens with one attached hydrogen (secondary N) is 1. The lowest BCUT2D eigenvalue weighted by Gasteiger charge is -2.39. The Kier molecular flexibility index (Phi) is 6.05. The number of carbonyl (C=O) groups excluding carboxylic acids is 1. The third kappa shape index (κ3) is 3.82. The molecule has 10 nitrogen and oxygen atoms in total. The maximum absolute atomic E-state index is 15.7. The van der Waals surface area contributed by atoms with Crippen LogP contribution >= 0.6 is 11.8 Å². The second-order valence-corrected chi connectivity index (χ2v) is 10.7. The second kappa shape index (κ2) is 9.43. The molecule has 2 aromatic heterocycles. The number of hydrogen-bond acceptors (Lipinski definition) is 9. The average molecular weight is 536 g/mol. The third-order valence-corrected chi connectivity index (χ3v) is 8.28. The molecule has 0 bridgehead atoms. The quantitative estimate of drug-likeness (QED) is 0.157. The molecule has 6 rings (SSSR count).